The maximum Gasteiger partial charge on any atom is 0.496 e. The molecule has 0 unspecified atom stereocenters. The van der Waals surface area contributed by atoms with Crippen molar-refractivity contribution in [3.05, 3.63) is 65.0 Å². The molecule has 3 aliphatic rings. The summed E-state index contributed by atoms with van der Waals surface area (Å²) < 4.78 is 18.0. The summed E-state index contributed by atoms with van der Waals surface area (Å²) in [5.41, 5.74) is 0.919. The second-order valence-electron chi connectivity index (χ2n) is 19.1. The summed E-state index contributed by atoms with van der Waals surface area (Å²) in [5, 5.41) is 42.2. The lowest BCUT2D eigenvalue weighted by Gasteiger charge is -2.32. The van der Waals surface area contributed by atoms with Crippen molar-refractivity contribution >= 4 is 76.8 Å². The molecule has 21 heteroatoms. The maximum atomic E-state index is 10.8. The molecule has 4 aromatic heterocycles. The van der Waals surface area contributed by atoms with Crippen molar-refractivity contribution in [2.45, 2.75) is 153 Å². The van der Waals surface area contributed by atoms with Gasteiger partial charge < -0.3 is 60.2 Å². The Labute approximate surface area is 415 Å². The molecular weight excluding hydrogens is 969 g/mol. The van der Waals surface area contributed by atoms with E-state index in [4.69, 9.17) is 19.0 Å². The van der Waals surface area contributed by atoms with Crippen LogP contribution in [0.1, 0.15) is 118 Å². The van der Waals surface area contributed by atoms with Crippen molar-refractivity contribution in [1.29, 1.82) is 0 Å². The number of pyridine rings is 2. The quantitative estimate of drug-likeness (QED) is 0.0390. The molecule has 0 radical (unpaired) electrons. The van der Waals surface area contributed by atoms with E-state index in [1.54, 1.807) is 71.7 Å². The second-order valence-corrected chi connectivity index (χ2v) is 19.9. The molecule has 0 atom stereocenters. The van der Waals surface area contributed by atoms with Crippen LogP contribution in [-0.4, -0.2) is 121 Å². The standard InChI is InChI=1S/C21H29N5O3.C14H22BNO3.C12H17BrN4O2.ClH/c1-21(2,28)18-9-4-14(12-23-18)17-13-24-19(22-10-11-27)20(26-17)25-15-5-7-16(29-3)8-6-15;1-12(2,17)11-8-7-10(9-16-11)15-18-13(3,4)14(5,6)19-15;13-10-7-15-11(14-5-6-18)12(17-10)16-8-1-3-9(19)4-2-8;/h4,9,11-13,15-16,28H,5-8,10H2,1-3H3,(H,22,24)(H,25,26);7-9,17H,1-6H3;6-9,19H,1-5H2,(H,14,15)(H,16,17);1H/i1+1,2+1,10+1,11+1,21+1;1+1,2+1,12+1;5+1,6+1;. The molecule has 68 heavy (non-hydrogen) atoms. The van der Waals surface area contributed by atoms with E-state index in [2.05, 4.69) is 62.1 Å². The van der Waals surface area contributed by atoms with Gasteiger partial charge in [-0.25, -0.2) is 19.9 Å². The number of anilines is 4. The van der Waals surface area contributed by atoms with Gasteiger partial charge in [0.2, 0.25) is 0 Å². The summed E-state index contributed by atoms with van der Waals surface area (Å²) >= 11 is 3.29. The Bertz CT molecular complexity index is 2190. The van der Waals surface area contributed by atoms with Crippen LogP contribution in [0.25, 0.3) is 11.3 Å². The number of methoxy groups -OCH3 is 1. The summed E-state index contributed by atoms with van der Waals surface area (Å²) in [6.45, 7) is 15.3. The monoisotopic (exact) mass is 1040 g/mol. The Morgan fingerprint density at radius 2 is 1.19 bits per heavy atom. The van der Waals surface area contributed by atoms with Crippen molar-refractivity contribution in [2.24, 2.45) is 0 Å². The highest BCUT2D eigenvalue weighted by Gasteiger charge is 2.51. The van der Waals surface area contributed by atoms with Gasteiger partial charge in [0.1, 0.15) is 28.4 Å². The second kappa shape index (κ2) is 24.9. The van der Waals surface area contributed by atoms with Crippen LogP contribution < -0.4 is 26.7 Å². The topological polar surface area (TPSA) is 248 Å². The van der Waals surface area contributed by atoms with Crippen LogP contribution in [0.15, 0.2) is 53.7 Å². The molecule has 0 spiro atoms. The summed E-state index contributed by atoms with van der Waals surface area (Å²) in [6, 6.07) is 7.91. The molecule has 0 bridgehead atoms. The van der Waals surface area contributed by atoms with Crippen LogP contribution in [0, 0.1) is 0 Å². The molecule has 5 heterocycles. The van der Waals surface area contributed by atoms with Gasteiger partial charge in [0.05, 0.1) is 66.0 Å². The Kier molecular flexibility index (Phi) is 20.6. The van der Waals surface area contributed by atoms with Gasteiger partial charge in [-0.2, -0.15) is 0 Å². The number of carbonyl (C=O) groups is 2. The van der Waals surface area contributed by atoms with Crippen LogP contribution in [0.3, 0.4) is 0 Å². The average molecular weight is 1040 g/mol. The average Bonchev–Trinajstić information content (AvgIpc) is 3.52. The normalized spacial score (nSPS) is 20.8. The third-order valence-electron chi connectivity index (χ3n) is 12.2. The van der Waals surface area contributed by atoms with Crippen LogP contribution in [0.4, 0.5) is 23.3 Å². The van der Waals surface area contributed by atoms with Crippen LogP contribution in [-0.2, 0) is 34.8 Å². The third-order valence-corrected chi connectivity index (χ3v) is 12.6. The van der Waals surface area contributed by atoms with E-state index >= 15 is 0 Å². The summed E-state index contributed by atoms with van der Waals surface area (Å²) in [7, 11) is 1.35. The molecule has 2 saturated carbocycles. The van der Waals surface area contributed by atoms with Crippen LogP contribution in [0.2, 0.25) is 0 Å². The molecule has 2 aliphatic carbocycles. The predicted octanol–water partition coefficient (Wildman–Crippen LogP) is 6.34. The van der Waals surface area contributed by atoms with Gasteiger partial charge in [-0.3, -0.25) is 9.97 Å². The van der Waals surface area contributed by atoms with Gasteiger partial charge in [0.25, 0.3) is 0 Å². The van der Waals surface area contributed by atoms with E-state index < -0.39 is 18.3 Å². The fraction of sp³-hybridized carbons (Fsp3) is 0.574. The number of nitrogens with zero attached hydrogens (tertiary/aromatic N) is 6. The number of rotatable bonds is 15. The summed E-state index contributed by atoms with van der Waals surface area (Å²) in [4.78, 5) is 47.6. The zero-order valence-corrected chi connectivity index (χ0v) is 43.0. The lowest BCUT2D eigenvalue weighted by molar-refractivity contribution is -0.107. The molecular formula is C47H69BBrClN10O8. The van der Waals surface area contributed by atoms with Crippen molar-refractivity contribution in [2.75, 3.05) is 41.5 Å². The first kappa shape index (κ1) is 56.2. The van der Waals surface area contributed by atoms with Gasteiger partial charge in [-0.15, -0.1) is 12.4 Å². The molecule has 18 nitrogen and oxygen atoms in total. The number of ether oxygens (including phenoxy) is 1. The van der Waals surface area contributed by atoms with E-state index in [0.29, 0.717) is 51.1 Å². The molecule has 7 N–H and O–H groups in total. The lowest BCUT2D eigenvalue weighted by atomic mass is 9.80. The van der Waals surface area contributed by atoms with Crippen LogP contribution in [0.5, 0.6) is 0 Å². The van der Waals surface area contributed by atoms with E-state index in [-0.39, 0.29) is 54.9 Å². The van der Waals surface area contributed by atoms with Gasteiger partial charge in [0.15, 0.2) is 23.3 Å². The molecule has 7 rings (SSSR count). The highest BCUT2D eigenvalue weighted by atomic mass is 79.9. The van der Waals surface area contributed by atoms with Gasteiger partial charge in [0, 0.05) is 42.6 Å². The fourth-order valence-corrected chi connectivity index (χ4v) is 7.75. The Hall–Kier alpha value is -4.41. The number of aliphatic hydroxyl groups is 3. The molecule has 4 aromatic rings. The van der Waals surface area contributed by atoms with E-state index in [1.807, 2.05) is 39.8 Å². The maximum absolute atomic E-state index is 10.8. The lowest BCUT2D eigenvalue weighted by Crippen LogP contribution is -2.41. The molecule has 3 fully saturated rings. The Morgan fingerprint density at radius 1 is 0.706 bits per heavy atom. The first-order valence-corrected chi connectivity index (χ1v) is 23.6. The number of aromatic nitrogens is 6. The Morgan fingerprint density at radius 3 is 1.65 bits per heavy atom. The third kappa shape index (κ3) is 16.1. The number of carbonyl (C=O) groups excluding carboxylic acids is 2. The van der Waals surface area contributed by atoms with Crippen molar-refractivity contribution < 1.29 is 39.0 Å². The van der Waals surface area contributed by atoms with Crippen molar-refractivity contribution in [3.63, 3.8) is 0 Å². The molecule has 1 aliphatic heterocycles. The van der Waals surface area contributed by atoms with Gasteiger partial charge in [-0.05, 0) is 141 Å². The summed E-state index contributed by atoms with van der Waals surface area (Å²) in [6.07, 6.45) is 15.7. The number of aldehydes is 2. The number of hydrogen-bond donors (Lipinski definition) is 7. The highest BCUT2D eigenvalue weighted by molar-refractivity contribution is 9.10. The predicted molar refractivity (Wildman–Crippen MR) is 270 cm³/mol. The van der Waals surface area contributed by atoms with Crippen molar-refractivity contribution in [1.82, 2.24) is 29.9 Å². The highest BCUT2D eigenvalue weighted by Crippen LogP contribution is 2.37. The SMILES string of the molecule is CC1(C)OB(c2ccc([13C]([13CH3])([13CH3])O)nc2)OC1(C)C.COC1CCC(Nc2nc(-c3ccc([13C]([13CH3])([13CH3])O)nc3)cnc2N[13CH2][13CH]=O)CC1.Cl.O=[13CH][13CH2]Nc1ncc(Br)nc1NC1CCC(O)CC1. The van der Waals surface area contributed by atoms with E-state index in [1.165, 1.54) is 0 Å². The first-order valence-electron chi connectivity index (χ1n) is 22.8. The van der Waals surface area contributed by atoms with Crippen molar-refractivity contribution in [3.8, 4) is 11.3 Å². The van der Waals surface area contributed by atoms with Gasteiger partial charge in [-0.1, -0.05) is 6.07 Å². The number of aliphatic hydroxyl groups excluding tert-OH is 1. The van der Waals surface area contributed by atoms with Gasteiger partial charge >= 0.3 is 7.12 Å². The number of nitrogens with one attached hydrogen (secondary N) is 4. The molecule has 372 valence electrons. The largest absolute Gasteiger partial charge is 0.496 e. The minimum Gasteiger partial charge on any atom is -0.399 e. The fourth-order valence-electron chi connectivity index (χ4n) is 7.48. The summed E-state index contributed by atoms with van der Waals surface area (Å²) in [5.74, 6) is 2.38. The first-order chi connectivity index (χ1) is 31.6. The Balaban J connectivity index is 0.000000229. The van der Waals surface area contributed by atoms with E-state index in [0.717, 1.165) is 75.0 Å². The molecule has 1 saturated heterocycles. The van der Waals surface area contributed by atoms with E-state index in [9.17, 15) is 24.9 Å². The smallest absolute Gasteiger partial charge is 0.399 e. The zero-order chi connectivity index (χ0) is 49.0. The number of halogens is 2. The molecule has 0 amide bonds. The minimum atomic E-state index is -0.999. The van der Waals surface area contributed by atoms with Crippen LogP contribution >= 0.6 is 28.3 Å². The number of hydrogen-bond acceptors (Lipinski definition) is 18. The molecule has 0 aromatic carbocycles. The minimum absolute atomic E-state index is 0. The zero-order valence-electron chi connectivity index (χ0n) is 40.6.